The van der Waals surface area contributed by atoms with E-state index in [2.05, 4.69) is 32.0 Å². The van der Waals surface area contributed by atoms with E-state index in [9.17, 15) is 4.79 Å². The molecule has 154 valence electrons. The van der Waals surface area contributed by atoms with Crippen molar-refractivity contribution in [3.63, 3.8) is 0 Å². The van der Waals surface area contributed by atoms with Crippen molar-refractivity contribution in [3.8, 4) is 0 Å². The van der Waals surface area contributed by atoms with Crippen LogP contribution in [0.5, 0.6) is 0 Å². The van der Waals surface area contributed by atoms with Gasteiger partial charge in [-0.3, -0.25) is 4.79 Å². The molecule has 3 heteroatoms. The fourth-order valence-corrected chi connectivity index (χ4v) is 3.14. The Hall–Kier alpha value is -1.93. The van der Waals surface area contributed by atoms with Gasteiger partial charge in [0, 0.05) is 12.0 Å². The largest absolute Gasteiger partial charge is 0.293 e. The maximum Gasteiger partial charge on any atom is 0.178 e. The molecule has 2 rings (SSSR count). The molecule has 0 N–H and O–H groups in total. The van der Waals surface area contributed by atoms with Crippen LogP contribution in [-0.4, -0.2) is 10.8 Å². The Balaban J connectivity index is 0.000000439. The zero-order chi connectivity index (χ0) is 21.5. The molecule has 2 atom stereocenters. The third-order valence-electron chi connectivity index (χ3n) is 4.35. The van der Waals surface area contributed by atoms with Gasteiger partial charge in [-0.15, -0.1) is 0 Å². The van der Waals surface area contributed by atoms with E-state index >= 15 is 0 Å². The third kappa shape index (κ3) is 12.5. The van der Waals surface area contributed by atoms with Gasteiger partial charge in [0.2, 0.25) is 0 Å². The van der Waals surface area contributed by atoms with Crippen LogP contribution in [0.4, 0.5) is 0 Å². The molecule has 1 aliphatic carbocycles. The van der Waals surface area contributed by atoms with Crippen molar-refractivity contribution in [2.45, 2.75) is 60.3 Å². The number of hydrogen-bond acceptors (Lipinski definition) is 2. The van der Waals surface area contributed by atoms with E-state index in [1.54, 1.807) is 12.1 Å². The standard InChI is InChI=1S/C12H13NO.C8H16.C5H7Cl/c1-4-6-9(2)11-7-5-8-12(13-11)10(3)14;1-7-4-3-5-8(2)6-7;1-3-4-5(2)6/h4-8H,2H2,1,3H3;7-8H,3-6H2,1-2H3;3-4H,2H2,1H3/b6-4-;;4-3-. The number of pyridine rings is 1. The zero-order valence-electron chi connectivity index (χ0n) is 18.2. The van der Waals surface area contributed by atoms with Gasteiger partial charge in [0.25, 0.3) is 0 Å². The molecule has 0 aromatic carbocycles. The monoisotopic (exact) mass is 401 g/mol. The van der Waals surface area contributed by atoms with Gasteiger partial charge in [0.05, 0.1) is 5.69 Å². The predicted molar refractivity (Wildman–Crippen MR) is 125 cm³/mol. The Morgan fingerprint density at radius 3 is 1.96 bits per heavy atom. The second kappa shape index (κ2) is 15.0. The molecule has 1 heterocycles. The number of halogens is 1. The average Bonchev–Trinajstić information content (AvgIpc) is 2.63. The van der Waals surface area contributed by atoms with Crippen LogP contribution in [0.25, 0.3) is 5.57 Å². The van der Waals surface area contributed by atoms with E-state index < -0.39 is 0 Å². The van der Waals surface area contributed by atoms with Crippen molar-refractivity contribution >= 4 is 23.0 Å². The highest BCUT2D eigenvalue weighted by atomic mass is 35.5. The molecule has 1 aromatic heterocycles. The lowest BCUT2D eigenvalue weighted by Gasteiger charge is -2.22. The summed E-state index contributed by atoms with van der Waals surface area (Å²) in [6, 6.07) is 5.36. The molecule has 0 aliphatic heterocycles. The van der Waals surface area contributed by atoms with Crippen LogP contribution >= 0.6 is 11.6 Å². The molecule has 1 saturated carbocycles. The molecular formula is C25H36ClNO. The molecule has 0 saturated heterocycles. The summed E-state index contributed by atoms with van der Waals surface area (Å²) in [5, 5.41) is 0.581. The highest BCUT2D eigenvalue weighted by Gasteiger charge is 2.13. The van der Waals surface area contributed by atoms with Crippen molar-refractivity contribution in [1.82, 2.24) is 4.98 Å². The lowest BCUT2D eigenvalue weighted by atomic mass is 9.84. The van der Waals surface area contributed by atoms with Gasteiger partial charge in [-0.25, -0.2) is 4.98 Å². The van der Waals surface area contributed by atoms with Crippen molar-refractivity contribution < 1.29 is 4.79 Å². The lowest BCUT2D eigenvalue weighted by Crippen LogP contribution is -2.09. The zero-order valence-corrected chi connectivity index (χ0v) is 18.9. The third-order valence-corrected chi connectivity index (χ3v) is 4.48. The molecule has 2 nitrogen and oxygen atoms in total. The number of Topliss-reactive ketones (excluding diaryl/α,β-unsaturated/α-hetero) is 1. The van der Waals surface area contributed by atoms with Gasteiger partial charge >= 0.3 is 0 Å². The van der Waals surface area contributed by atoms with Gasteiger partial charge < -0.3 is 0 Å². The minimum Gasteiger partial charge on any atom is -0.293 e. The Bertz CT molecular complexity index is 680. The van der Waals surface area contributed by atoms with E-state index in [0.717, 1.165) is 23.1 Å². The molecule has 0 spiro atoms. The Kier molecular flexibility index (Phi) is 14.0. The average molecular weight is 402 g/mol. The van der Waals surface area contributed by atoms with Crippen molar-refractivity contribution in [3.05, 3.63) is 72.1 Å². The van der Waals surface area contributed by atoms with Crippen LogP contribution in [-0.2, 0) is 0 Å². The van der Waals surface area contributed by atoms with Gasteiger partial charge in [0.1, 0.15) is 5.69 Å². The first-order valence-corrected chi connectivity index (χ1v) is 10.4. The van der Waals surface area contributed by atoms with Crippen LogP contribution in [0, 0.1) is 11.8 Å². The number of nitrogens with zero attached hydrogens (tertiary/aromatic N) is 1. The highest BCUT2D eigenvalue weighted by Crippen LogP contribution is 2.27. The van der Waals surface area contributed by atoms with Gasteiger partial charge in [-0.2, -0.15) is 0 Å². The first-order valence-electron chi connectivity index (χ1n) is 9.98. The summed E-state index contributed by atoms with van der Waals surface area (Å²) in [7, 11) is 0. The fraction of sp³-hybridized carbons (Fsp3) is 0.440. The van der Waals surface area contributed by atoms with Crippen molar-refractivity contribution in [2.75, 3.05) is 0 Å². The summed E-state index contributed by atoms with van der Waals surface area (Å²) in [5.41, 5.74) is 2.04. The highest BCUT2D eigenvalue weighted by molar-refractivity contribution is 6.30. The summed E-state index contributed by atoms with van der Waals surface area (Å²) < 4.78 is 0. The summed E-state index contributed by atoms with van der Waals surface area (Å²) >= 11 is 5.30. The maximum absolute atomic E-state index is 11.1. The number of carbonyl (C=O) groups excluding carboxylic acids is 1. The van der Waals surface area contributed by atoms with Crippen LogP contribution in [0.2, 0.25) is 0 Å². The summed E-state index contributed by atoms with van der Waals surface area (Å²) in [5.74, 6) is 2.00. The second-order valence-electron chi connectivity index (χ2n) is 7.31. The Labute approximate surface area is 177 Å². The molecule has 1 aromatic rings. The molecular weight excluding hydrogens is 366 g/mol. The molecule has 2 unspecified atom stereocenters. The maximum atomic E-state index is 11.1. The smallest absolute Gasteiger partial charge is 0.178 e. The molecule has 0 amide bonds. The molecule has 28 heavy (non-hydrogen) atoms. The van der Waals surface area contributed by atoms with E-state index in [-0.39, 0.29) is 5.78 Å². The molecule has 0 radical (unpaired) electrons. The first kappa shape index (κ1) is 26.1. The van der Waals surface area contributed by atoms with Crippen molar-refractivity contribution in [2.24, 2.45) is 11.8 Å². The predicted octanol–water partition coefficient (Wildman–Crippen LogP) is 8.02. The minimum absolute atomic E-state index is 0.0277. The van der Waals surface area contributed by atoms with Crippen molar-refractivity contribution in [1.29, 1.82) is 0 Å². The Morgan fingerprint density at radius 1 is 1.07 bits per heavy atom. The second-order valence-corrected chi connectivity index (χ2v) is 7.80. The molecule has 0 bridgehead atoms. The number of allylic oxidation sites excluding steroid dienone is 6. The number of ketones is 1. The molecule has 1 fully saturated rings. The quantitative estimate of drug-likeness (QED) is 0.377. The summed E-state index contributed by atoms with van der Waals surface area (Å²) in [4.78, 5) is 15.3. The van der Waals surface area contributed by atoms with Gasteiger partial charge in [-0.05, 0) is 55.9 Å². The summed E-state index contributed by atoms with van der Waals surface area (Å²) in [6.45, 7) is 17.3. The van der Waals surface area contributed by atoms with Crippen LogP contribution in [0.3, 0.4) is 0 Å². The Morgan fingerprint density at radius 2 is 1.61 bits per heavy atom. The number of rotatable bonds is 4. The van der Waals surface area contributed by atoms with Crippen LogP contribution < -0.4 is 0 Å². The lowest BCUT2D eigenvalue weighted by molar-refractivity contribution is 0.101. The SMILES string of the molecule is C=C(/C=C\C)c1cccc(C(C)=O)n1.C=C(Cl)/C=C\C.CC1CCCC(C)C1. The minimum atomic E-state index is -0.0277. The van der Waals surface area contributed by atoms with Gasteiger partial charge in [0.15, 0.2) is 5.78 Å². The van der Waals surface area contributed by atoms with Crippen LogP contribution in [0.15, 0.2) is 60.7 Å². The normalized spacial score (nSPS) is 18.6. The number of carbonyl (C=O) groups is 1. The number of aromatic nitrogens is 1. The van der Waals surface area contributed by atoms with E-state index in [4.69, 9.17) is 11.6 Å². The van der Waals surface area contributed by atoms with Gasteiger partial charge in [-0.1, -0.05) is 82.2 Å². The topological polar surface area (TPSA) is 30.0 Å². The molecule has 1 aliphatic rings. The van der Waals surface area contributed by atoms with E-state index in [1.807, 2.05) is 44.2 Å². The number of hydrogen-bond donors (Lipinski definition) is 0. The first-order chi connectivity index (χ1) is 13.2. The summed E-state index contributed by atoms with van der Waals surface area (Å²) in [6.07, 6.45) is 13.2. The fourth-order valence-electron chi connectivity index (χ4n) is 3.01. The van der Waals surface area contributed by atoms with E-state index in [0.29, 0.717) is 10.7 Å². The van der Waals surface area contributed by atoms with Crippen LogP contribution in [0.1, 0.15) is 76.5 Å². The van der Waals surface area contributed by atoms with E-state index in [1.165, 1.54) is 32.6 Å².